The van der Waals surface area contributed by atoms with E-state index in [-0.39, 0.29) is 30.5 Å². The highest BCUT2D eigenvalue weighted by Crippen LogP contribution is 2.31. The minimum Gasteiger partial charge on any atom is -0.497 e. The molecule has 2 heterocycles. The average molecular weight is 476 g/mol. The van der Waals surface area contributed by atoms with Crippen molar-refractivity contribution in [2.24, 2.45) is 0 Å². The van der Waals surface area contributed by atoms with Crippen LogP contribution in [-0.2, 0) is 11.3 Å². The molecule has 0 aliphatic heterocycles. The van der Waals surface area contributed by atoms with Crippen LogP contribution in [0.3, 0.4) is 0 Å². The Labute approximate surface area is 203 Å². The van der Waals surface area contributed by atoms with Crippen LogP contribution >= 0.6 is 11.3 Å². The molecule has 2 aromatic carbocycles. The first kappa shape index (κ1) is 23.7. The third-order valence-corrected chi connectivity index (χ3v) is 7.08. The number of carbonyl (C=O) groups is 1. The van der Waals surface area contributed by atoms with E-state index in [9.17, 15) is 9.59 Å². The lowest BCUT2D eigenvalue weighted by molar-refractivity contribution is -0.133. The Kier molecular flexibility index (Phi) is 7.12. The Bertz CT molecular complexity index is 1360. The maximum Gasteiger partial charge on any atom is 0.262 e. The fraction of sp³-hybridized carbons (Fsp3) is 0.296. The van der Waals surface area contributed by atoms with E-state index in [0.717, 1.165) is 22.4 Å². The van der Waals surface area contributed by atoms with Gasteiger partial charge in [0.25, 0.3) is 5.56 Å². The van der Waals surface area contributed by atoms with Crippen LogP contribution in [0.25, 0.3) is 21.3 Å². The zero-order chi connectivity index (χ0) is 24.2. The van der Waals surface area contributed by atoms with Gasteiger partial charge >= 0.3 is 0 Å². The largest absolute Gasteiger partial charge is 0.497 e. The van der Waals surface area contributed by atoms with Gasteiger partial charge in [0.15, 0.2) is 0 Å². The first-order valence-corrected chi connectivity index (χ1v) is 12.3. The van der Waals surface area contributed by atoms with Crippen molar-refractivity contribution in [3.8, 4) is 16.9 Å². The van der Waals surface area contributed by atoms with E-state index in [0.29, 0.717) is 16.8 Å². The Morgan fingerprint density at radius 3 is 2.68 bits per heavy atom. The zero-order valence-electron chi connectivity index (χ0n) is 19.9. The lowest BCUT2D eigenvalue weighted by Gasteiger charge is -2.29. The third kappa shape index (κ3) is 4.75. The number of ether oxygens (including phenoxy) is 1. The van der Waals surface area contributed by atoms with Gasteiger partial charge in [0.1, 0.15) is 10.6 Å². The fourth-order valence-electron chi connectivity index (χ4n) is 4.18. The van der Waals surface area contributed by atoms with Gasteiger partial charge < -0.3 is 9.64 Å². The zero-order valence-corrected chi connectivity index (χ0v) is 20.8. The quantitative estimate of drug-likeness (QED) is 0.340. The minimum absolute atomic E-state index is 0.00565. The smallest absolute Gasteiger partial charge is 0.262 e. The predicted octanol–water partition coefficient (Wildman–Crippen LogP) is 5.44. The lowest BCUT2D eigenvalue weighted by Crippen LogP contribution is -2.34. The molecular weight excluding hydrogens is 446 g/mol. The predicted molar refractivity (Wildman–Crippen MR) is 137 cm³/mol. The topological polar surface area (TPSA) is 64.4 Å². The summed E-state index contributed by atoms with van der Waals surface area (Å²) in [6, 6.07) is 15.8. The molecule has 0 radical (unpaired) electrons. The molecule has 34 heavy (non-hydrogen) atoms. The van der Waals surface area contributed by atoms with E-state index in [1.807, 2.05) is 79.6 Å². The molecule has 1 unspecified atom stereocenters. The molecule has 176 valence electrons. The molecule has 4 aromatic rings. The Morgan fingerprint density at radius 2 is 1.97 bits per heavy atom. The van der Waals surface area contributed by atoms with Crippen LogP contribution in [-0.4, -0.2) is 34.0 Å². The van der Waals surface area contributed by atoms with E-state index in [1.54, 1.807) is 18.0 Å². The van der Waals surface area contributed by atoms with Gasteiger partial charge in [0, 0.05) is 30.5 Å². The van der Waals surface area contributed by atoms with Gasteiger partial charge in [-0.25, -0.2) is 4.98 Å². The molecule has 1 amide bonds. The van der Waals surface area contributed by atoms with Crippen LogP contribution in [0.2, 0.25) is 0 Å². The second kappa shape index (κ2) is 10.2. The van der Waals surface area contributed by atoms with Gasteiger partial charge in [0.2, 0.25) is 5.91 Å². The number of carbonyl (C=O) groups excluding carboxylic acids is 1. The molecule has 0 saturated carbocycles. The molecule has 0 saturated heterocycles. The maximum atomic E-state index is 13.3. The number of rotatable bonds is 8. The summed E-state index contributed by atoms with van der Waals surface area (Å²) in [5, 5.41) is 2.59. The maximum absolute atomic E-state index is 13.3. The number of hydrogen-bond donors (Lipinski definition) is 0. The van der Waals surface area contributed by atoms with Gasteiger partial charge in [-0.05, 0) is 44.0 Å². The van der Waals surface area contributed by atoms with Crippen LogP contribution in [0.5, 0.6) is 5.75 Å². The van der Waals surface area contributed by atoms with Gasteiger partial charge in [-0.3, -0.25) is 14.2 Å². The summed E-state index contributed by atoms with van der Waals surface area (Å²) in [6.45, 7) is 6.87. The van der Waals surface area contributed by atoms with E-state index >= 15 is 0 Å². The summed E-state index contributed by atoms with van der Waals surface area (Å²) < 4.78 is 6.88. The molecular formula is C27H29N3O3S. The van der Waals surface area contributed by atoms with Crippen LogP contribution < -0.4 is 10.3 Å². The van der Waals surface area contributed by atoms with Crippen molar-refractivity contribution in [2.45, 2.75) is 39.8 Å². The van der Waals surface area contributed by atoms with Crippen molar-refractivity contribution in [1.82, 2.24) is 14.5 Å². The average Bonchev–Trinajstić information content (AvgIpc) is 3.29. The minimum atomic E-state index is -0.112. The van der Waals surface area contributed by atoms with E-state index < -0.39 is 0 Å². The number of nitrogens with zero attached hydrogens (tertiary/aromatic N) is 3. The summed E-state index contributed by atoms with van der Waals surface area (Å²) in [5.74, 6) is 0.757. The molecule has 0 aliphatic rings. The second-order valence-electron chi connectivity index (χ2n) is 8.32. The second-order valence-corrected chi connectivity index (χ2v) is 9.18. The number of fused-ring (bicyclic) bond motifs is 1. The molecule has 0 spiro atoms. The first-order valence-electron chi connectivity index (χ1n) is 11.4. The van der Waals surface area contributed by atoms with Gasteiger partial charge in [-0.2, -0.15) is 0 Å². The number of aryl methyl sites for hydroxylation is 2. The van der Waals surface area contributed by atoms with E-state index in [4.69, 9.17) is 4.74 Å². The summed E-state index contributed by atoms with van der Waals surface area (Å²) in [7, 11) is 1.63. The Morgan fingerprint density at radius 1 is 1.21 bits per heavy atom. The number of thiophene rings is 1. The molecule has 7 heteroatoms. The SMILES string of the molecule is CCN(C(=O)CCn1cnc2scc(-c3ccc(C)cc3)c2c1=O)C(C)c1cccc(OC)c1. The number of aromatic nitrogens is 2. The normalized spacial score (nSPS) is 12.0. The van der Waals surface area contributed by atoms with Crippen LogP contribution in [0.1, 0.15) is 37.4 Å². The highest BCUT2D eigenvalue weighted by molar-refractivity contribution is 7.17. The summed E-state index contributed by atoms with van der Waals surface area (Å²) in [5.41, 5.74) is 3.95. The molecule has 2 aromatic heterocycles. The molecule has 0 N–H and O–H groups in total. The third-order valence-electron chi connectivity index (χ3n) is 6.19. The van der Waals surface area contributed by atoms with Crippen molar-refractivity contribution < 1.29 is 9.53 Å². The van der Waals surface area contributed by atoms with Crippen LogP contribution in [0.15, 0.2) is 65.0 Å². The molecule has 1 atom stereocenters. The standard InChI is InChI=1S/C27H29N3O3S/c1-5-30(19(3)21-7-6-8-22(15-21)33-4)24(31)13-14-29-17-28-26-25(27(29)32)23(16-34-26)20-11-9-18(2)10-12-20/h6-12,15-17,19H,5,13-14H2,1-4H3. The van der Waals surface area contributed by atoms with Gasteiger partial charge in [-0.15, -0.1) is 11.3 Å². The van der Waals surface area contributed by atoms with Crippen molar-refractivity contribution in [2.75, 3.05) is 13.7 Å². The summed E-state index contributed by atoms with van der Waals surface area (Å²) >= 11 is 1.46. The molecule has 0 fully saturated rings. The first-order chi connectivity index (χ1) is 16.4. The number of hydrogen-bond acceptors (Lipinski definition) is 5. The molecule has 4 rings (SSSR count). The summed E-state index contributed by atoms with van der Waals surface area (Å²) in [4.78, 5) is 33.5. The number of amides is 1. The Hall–Kier alpha value is -3.45. The monoisotopic (exact) mass is 475 g/mol. The van der Waals surface area contributed by atoms with E-state index in [1.165, 1.54) is 16.9 Å². The van der Waals surface area contributed by atoms with Crippen molar-refractivity contribution in [3.63, 3.8) is 0 Å². The number of benzene rings is 2. The summed E-state index contributed by atoms with van der Waals surface area (Å²) in [6.07, 6.45) is 1.77. The van der Waals surface area contributed by atoms with E-state index in [2.05, 4.69) is 4.98 Å². The van der Waals surface area contributed by atoms with Crippen molar-refractivity contribution >= 4 is 27.5 Å². The molecule has 0 aliphatic carbocycles. The molecule has 6 nitrogen and oxygen atoms in total. The van der Waals surface area contributed by atoms with Gasteiger partial charge in [0.05, 0.1) is 24.9 Å². The van der Waals surface area contributed by atoms with Crippen LogP contribution in [0, 0.1) is 6.92 Å². The Balaban J connectivity index is 1.54. The molecule has 0 bridgehead atoms. The van der Waals surface area contributed by atoms with Crippen molar-refractivity contribution in [3.05, 3.63) is 81.7 Å². The lowest BCUT2D eigenvalue weighted by atomic mass is 10.1. The van der Waals surface area contributed by atoms with Crippen LogP contribution in [0.4, 0.5) is 0 Å². The van der Waals surface area contributed by atoms with Gasteiger partial charge in [-0.1, -0.05) is 42.0 Å². The highest BCUT2D eigenvalue weighted by Gasteiger charge is 2.21. The fourth-order valence-corrected chi connectivity index (χ4v) is 5.09. The highest BCUT2D eigenvalue weighted by atomic mass is 32.1. The van der Waals surface area contributed by atoms with Crippen molar-refractivity contribution in [1.29, 1.82) is 0 Å². The number of methoxy groups -OCH3 is 1.